The summed E-state index contributed by atoms with van der Waals surface area (Å²) in [5.74, 6) is 1.18. The molecule has 1 saturated carbocycles. The monoisotopic (exact) mass is 420 g/mol. The highest BCUT2D eigenvalue weighted by molar-refractivity contribution is 5.93. The number of ether oxygens (including phenoxy) is 1. The lowest BCUT2D eigenvalue weighted by Gasteiger charge is -2.29. The first kappa shape index (κ1) is 19.5. The first-order valence-electron chi connectivity index (χ1n) is 10.6. The van der Waals surface area contributed by atoms with Crippen LogP contribution in [0.1, 0.15) is 25.7 Å². The predicted molar refractivity (Wildman–Crippen MR) is 117 cm³/mol. The quantitative estimate of drug-likeness (QED) is 0.521. The molecular weight excluding hydrogens is 395 g/mol. The van der Waals surface area contributed by atoms with Crippen LogP contribution >= 0.6 is 0 Å². The van der Waals surface area contributed by atoms with E-state index in [1.807, 2.05) is 37.4 Å². The number of halogens is 1. The lowest BCUT2D eigenvalue weighted by atomic mass is 9.93. The number of aromatic nitrogens is 5. The average molecular weight is 420 g/mol. The summed E-state index contributed by atoms with van der Waals surface area (Å²) in [5.41, 5.74) is 2.89. The second-order valence-electron chi connectivity index (χ2n) is 8.15. The largest absolute Gasteiger partial charge is 0.490 e. The highest BCUT2D eigenvalue weighted by Gasteiger charge is 2.23. The van der Waals surface area contributed by atoms with Gasteiger partial charge in [-0.1, -0.05) is 6.07 Å². The van der Waals surface area contributed by atoms with Gasteiger partial charge >= 0.3 is 0 Å². The molecule has 0 spiro atoms. The minimum Gasteiger partial charge on any atom is -0.490 e. The van der Waals surface area contributed by atoms with Crippen LogP contribution in [0.3, 0.4) is 0 Å². The molecule has 0 atom stereocenters. The minimum atomic E-state index is -0.267. The van der Waals surface area contributed by atoms with Crippen LogP contribution in [0, 0.1) is 5.82 Å². The molecule has 1 aromatic carbocycles. The number of anilines is 1. The van der Waals surface area contributed by atoms with Gasteiger partial charge in [-0.3, -0.25) is 9.36 Å². The molecule has 8 heteroatoms. The fourth-order valence-electron chi connectivity index (χ4n) is 4.26. The van der Waals surface area contributed by atoms with E-state index in [-0.39, 0.29) is 11.9 Å². The Bertz CT molecular complexity index is 1210. The Balaban J connectivity index is 1.25. The molecule has 0 bridgehead atoms. The smallest absolute Gasteiger partial charge is 0.128 e. The second-order valence-corrected chi connectivity index (χ2v) is 8.15. The van der Waals surface area contributed by atoms with E-state index in [4.69, 9.17) is 4.74 Å². The van der Waals surface area contributed by atoms with Crippen LogP contribution in [0.2, 0.25) is 0 Å². The summed E-state index contributed by atoms with van der Waals surface area (Å²) in [5, 5.41) is 13.5. The molecular formula is C23H25FN6O. The van der Waals surface area contributed by atoms with Crippen molar-refractivity contribution in [3.05, 3.63) is 54.7 Å². The van der Waals surface area contributed by atoms with Gasteiger partial charge in [0.2, 0.25) is 0 Å². The zero-order valence-electron chi connectivity index (χ0n) is 17.6. The number of aryl methyl sites for hydroxylation is 2. The van der Waals surface area contributed by atoms with Crippen molar-refractivity contribution in [1.82, 2.24) is 24.5 Å². The number of pyridine rings is 1. The zero-order valence-corrected chi connectivity index (χ0v) is 17.6. The van der Waals surface area contributed by atoms with E-state index in [1.165, 1.54) is 12.1 Å². The maximum absolute atomic E-state index is 13.4. The van der Waals surface area contributed by atoms with E-state index in [2.05, 4.69) is 26.6 Å². The molecule has 1 N–H and O–H groups in total. The average Bonchev–Trinajstić information content (AvgIpc) is 3.33. The van der Waals surface area contributed by atoms with Crippen LogP contribution in [-0.4, -0.2) is 36.7 Å². The summed E-state index contributed by atoms with van der Waals surface area (Å²) < 4.78 is 23.0. The lowest BCUT2D eigenvalue weighted by Crippen LogP contribution is -2.31. The summed E-state index contributed by atoms with van der Waals surface area (Å²) in [6.45, 7) is 0. The van der Waals surface area contributed by atoms with Crippen molar-refractivity contribution >= 4 is 16.7 Å². The molecule has 160 valence electrons. The fraction of sp³-hybridized carbons (Fsp3) is 0.348. The SMILES string of the molecule is Cn1cc(-c2nn(C)c3cc(NC4CCC(Oc5cccc(F)c5)CC4)ncc23)cn1. The molecule has 4 aromatic rings. The molecule has 1 aliphatic carbocycles. The molecule has 3 heterocycles. The third kappa shape index (κ3) is 4.10. The molecule has 0 aliphatic heterocycles. The summed E-state index contributed by atoms with van der Waals surface area (Å²) >= 11 is 0. The summed E-state index contributed by atoms with van der Waals surface area (Å²) in [6.07, 6.45) is 9.58. The highest BCUT2D eigenvalue weighted by Crippen LogP contribution is 2.30. The van der Waals surface area contributed by atoms with E-state index < -0.39 is 0 Å². The van der Waals surface area contributed by atoms with Crippen LogP contribution in [0.15, 0.2) is 48.9 Å². The summed E-state index contributed by atoms with van der Waals surface area (Å²) in [7, 11) is 3.84. The molecule has 0 unspecified atom stereocenters. The maximum Gasteiger partial charge on any atom is 0.128 e. The van der Waals surface area contributed by atoms with Crippen LogP contribution in [0.4, 0.5) is 10.2 Å². The third-order valence-corrected chi connectivity index (χ3v) is 5.84. The topological polar surface area (TPSA) is 69.8 Å². The van der Waals surface area contributed by atoms with Crippen molar-refractivity contribution in [3.63, 3.8) is 0 Å². The first-order valence-corrected chi connectivity index (χ1v) is 10.6. The van der Waals surface area contributed by atoms with E-state index in [0.717, 1.165) is 53.7 Å². The van der Waals surface area contributed by atoms with E-state index in [0.29, 0.717) is 11.8 Å². The molecule has 31 heavy (non-hydrogen) atoms. The van der Waals surface area contributed by atoms with E-state index in [9.17, 15) is 4.39 Å². The van der Waals surface area contributed by atoms with Gasteiger partial charge < -0.3 is 10.1 Å². The Hall–Kier alpha value is -3.42. The second kappa shape index (κ2) is 8.02. The van der Waals surface area contributed by atoms with Gasteiger partial charge in [0.1, 0.15) is 23.1 Å². The third-order valence-electron chi connectivity index (χ3n) is 5.84. The van der Waals surface area contributed by atoms with Crippen LogP contribution < -0.4 is 10.1 Å². The normalized spacial score (nSPS) is 18.9. The van der Waals surface area contributed by atoms with Gasteiger partial charge in [0.05, 0.1) is 17.8 Å². The summed E-state index contributed by atoms with van der Waals surface area (Å²) in [6, 6.07) is 8.75. The van der Waals surface area contributed by atoms with Crippen molar-refractivity contribution in [1.29, 1.82) is 0 Å². The van der Waals surface area contributed by atoms with Gasteiger partial charge in [0.25, 0.3) is 0 Å². The number of hydrogen-bond acceptors (Lipinski definition) is 5. The Morgan fingerprint density at radius 3 is 2.68 bits per heavy atom. The van der Waals surface area contributed by atoms with Crippen LogP contribution in [0.5, 0.6) is 5.75 Å². The zero-order chi connectivity index (χ0) is 21.4. The first-order chi connectivity index (χ1) is 15.0. The number of hydrogen-bond donors (Lipinski definition) is 1. The van der Waals surface area contributed by atoms with Crippen molar-refractivity contribution in [2.75, 3.05) is 5.32 Å². The van der Waals surface area contributed by atoms with Crippen LogP contribution in [0.25, 0.3) is 22.2 Å². The van der Waals surface area contributed by atoms with Gasteiger partial charge in [0.15, 0.2) is 0 Å². The number of benzene rings is 1. The minimum absolute atomic E-state index is 0.120. The number of nitrogens with zero attached hydrogens (tertiary/aromatic N) is 5. The Morgan fingerprint density at radius 1 is 1.10 bits per heavy atom. The Labute approximate surface area is 179 Å². The Kier molecular flexibility index (Phi) is 5.05. The van der Waals surface area contributed by atoms with Gasteiger partial charge in [0, 0.05) is 55.6 Å². The molecule has 1 fully saturated rings. The van der Waals surface area contributed by atoms with Gasteiger partial charge in [-0.05, 0) is 37.8 Å². The van der Waals surface area contributed by atoms with Crippen molar-refractivity contribution in [2.45, 2.75) is 37.8 Å². The van der Waals surface area contributed by atoms with Gasteiger partial charge in [-0.25, -0.2) is 9.37 Å². The fourth-order valence-corrected chi connectivity index (χ4v) is 4.26. The van der Waals surface area contributed by atoms with Crippen molar-refractivity contribution in [3.8, 4) is 17.0 Å². The molecule has 1 aliphatic rings. The Morgan fingerprint density at radius 2 is 1.94 bits per heavy atom. The molecule has 3 aromatic heterocycles. The van der Waals surface area contributed by atoms with E-state index in [1.54, 1.807) is 16.8 Å². The highest BCUT2D eigenvalue weighted by atomic mass is 19.1. The van der Waals surface area contributed by atoms with Crippen molar-refractivity contribution < 1.29 is 9.13 Å². The molecule has 0 amide bonds. The number of rotatable bonds is 5. The maximum atomic E-state index is 13.4. The molecule has 0 radical (unpaired) electrons. The van der Waals surface area contributed by atoms with E-state index >= 15 is 0 Å². The molecule has 7 nitrogen and oxygen atoms in total. The number of nitrogens with one attached hydrogen (secondary N) is 1. The molecule has 5 rings (SSSR count). The van der Waals surface area contributed by atoms with Gasteiger partial charge in [-0.15, -0.1) is 0 Å². The summed E-state index contributed by atoms with van der Waals surface area (Å²) in [4.78, 5) is 4.64. The standard InChI is InChI=1S/C23H25FN6O/c1-29-14-15(12-26-29)23-20-13-25-22(11-21(20)30(2)28-23)27-17-6-8-18(9-7-17)31-19-5-3-4-16(24)10-19/h3-5,10-14,17-18H,6-9H2,1-2H3,(H,25,27). The lowest BCUT2D eigenvalue weighted by molar-refractivity contribution is 0.149. The van der Waals surface area contributed by atoms with Crippen molar-refractivity contribution in [2.24, 2.45) is 14.1 Å². The predicted octanol–water partition coefficient (Wildman–Crippen LogP) is 4.31. The van der Waals surface area contributed by atoms with Crippen LogP contribution in [-0.2, 0) is 14.1 Å². The molecule has 0 saturated heterocycles. The number of fused-ring (bicyclic) bond motifs is 1. The van der Waals surface area contributed by atoms with Gasteiger partial charge in [-0.2, -0.15) is 10.2 Å².